The molecule has 0 atom stereocenters. The third-order valence-corrected chi connectivity index (χ3v) is 3.29. The van der Waals surface area contributed by atoms with Gasteiger partial charge in [0.15, 0.2) is 0 Å². The third-order valence-electron chi connectivity index (χ3n) is 3.29. The summed E-state index contributed by atoms with van der Waals surface area (Å²) < 4.78 is 2.22. The van der Waals surface area contributed by atoms with Crippen molar-refractivity contribution in [2.45, 2.75) is 65.8 Å². The van der Waals surface area contributed by atoms with Crippen LogP contribution in [0.3, 0.4) is 0 Å². The Morgan fingerprint density at radius 2 is 1.88 bits per heavy atom. The molecule has 98 valence electrons. The van der Waals surface area contributed by atoms with Gasteiger partial charge in [0, 0.05) is 12.2 Å². The van der Waals surface area contributed by atoms with Crippen LogP contribution < -0.4 is 5.73 Å². The van der Waals surface area contributed by atoms with E-state index >= 15 is 0 Å². The van der Waals surface area contributed by atoms with E-state index in [1.807, 2.05) is 0 Å². The van der Waals surface area contributed by atoms with Crippen molar-refractivity contribution in [1.82, 2.24) is 9.78 Å². The van der Waals surface area contributed by atoms with Gasteiger partial charge in [-0.3, -0.25) is 4.68 Å². The van der Waals surface area contributed by atoms with Crippen LogP contribution in [0.2, 0.25) is 0 Å². The van der Waals surface area contributed by atoms with E-state index in [1.54, 1.807) is 0 Å². The summed E-state index contributed by atoms with van der Waals surface area (Å²) in [6, 6.07) is 0. The Balaban J connectivity index is 2.87. The van der Waals surface area contributed by atoms with Gasteiger partial charge in [-0.05, 0) is 37.8 Å². The van der Waals surface area contributed by atoms with Crippen LogP contribution in [0.4, 0.5) is 0 Å². The number of nitrogens with zero attached hydrogens (tertiary/aromatic N) is 2. The maximum Gasteiger partial charge on any atom is 0.0657 e. The first-order valence-electron chi connectivity index (χ1n) is 7.05. The standard InChI is InChI=1S/C14H27N3/c1-4-7-8-11-17-14(6-3)12(9-10-15)13(5-2)16-17/h4-11,15H2,1-3H3. The van der Waals surface area contributed by atoms with E-state index in [0.717, 1.165) is 32.4 Å². The molecule has 0 aliphatic carbocycles. The topological polar surface area (TPSA) is 43.8 Å². The Bertz CT molecular complexity index is 328. The van der Waals surface area contributed by atoms with Crippen LogP contribution in [-0.2, 0) is 25.8 Å². The van der Waals surface area contributed by atoms with Gasteiger partial charge >= 0.3 is 0 Å². The SMILES string of the molecule is CCCCCn1nc(CC)c(CCN)c1CC. The minimum absolute atomic E-state index is 0.723. The first-order chi connectivity index (χ1) is 8.28. The molecule has 0 saturated carbocycles. The first kappa shape index (κ1) is 14.2. The molecular weight excluding hydrogens is 210 g/mol. The van der Waals surface area contributed by atoms with Crippen LogP contribution in [-0.4, -0.2) is 16.3 Å². The van der Waals surface area contributed by atoms with Gasteiger partial charge in [-0.2, -0.15) is 5.10 Å². The zero-order valence-electron chi connectivity index (χ0n) is 11.6. The summed E-state index contributed by atoms with van der Waals surface area (Å²) in [5.41, 5.74) is 9.77. The van der Waals surface area contributed by atoms with E-state index in [-0.39, 0.29) is 0 Å². The minimum Gasteiger partial charge on any atom is -0.330 e. The van der Waals surface area contributed by atoms with E-state index in [4.69, 9.17) is 10.8 Å². The molecule has 0 amide bonds. The molecule has 0 fully saturated rings. The van der Waals surface area contributed by atoms with Gasteiger partial charge in [0.25, 0.3) is 0 Å². The van der Waals surface area contributed by atoms with Crippen molar-refractivity contribution in [1.29, 1.82) is 0 Å². The molecule has 0 aromatic carbocycles. The summed E-state index contributed by atoms with van der Waals surface area (Å²) in [4.78, 5) is 0. The molecular formula is C14H27N3. The highest BCUT2D eigenvalue weighted by Gasteiger charge is 2.14. The molecule has 1 rings (SSSR count). The van der Waals surface area contributed by atoms with Gasteiger partial charge in [-0.15, -0.1) is 0 Å². The summed E-state index contributed by atoms with van der Waals surface area (Å²) in [6.07, 6.45) is 6.84. The van der Waals surface area contributed by atoms with Crippen molar-refractivity contribution >= 4 is 0 Å². The second-order valence-corrected chi connectivity index (χ2v) is 4.55. The number of hydrogen-bond acceptors (Lipinski definition) is 2. The molecule has 0 aliphatic heterocycles. The predicted molar refractivity (Wildman–Crippen MR) is 73.3 cm³/mol. The van der Waals surface area contributed by atoms with Crippen molar-refractivity contribution in [2.24, 2.45) is 5.73 Å². The lowest BCUT2D eigenvalue weighted by Gasteiger charge is -2.07. The highest BCUT2D eigenvalue weighted by atomic mass is 15.3. The second-order valence-electron chi connectivity index (χ2n) is 4.55. The smallest absolute Gasteiger partial charge is 0.0657 e. The second kappa shape index (κ2) is 7.49. The molecule has 0 unspecified atom stereocenters. The first-order valence-corrected chi connectivity index (χ1v) is 7.05. The predicted octanol–water partition coefficient (Wildman–Crippen LogP) is 2.70. The summed E-state index contributed by atoms with van der Waals surface area (Å²) in [6.45, 7) is 8.42. The van der Waals surface area contributed by atoms with Crippen molar-refractivity contribution in [3.05, 3.63) is 17.0 Å². The lowest BCUT2D eigenvalue weighted by molar-refractivity contribution is 0.531. The number of unbranched alkanes of at least 4 members (excludes halogenated alkanes) is 2. The number of rotatable bonds is 8. The normalized spacial score (nSPS) is 11.1. The highest BCUT2D eigenvalue weighted by molar-refractivity contribution is 5.27. The van der Waals surface area contributed by atoms with E-state index in [0.29, 0.717) is 0 Å². The third kappa shape index (κ3) is 3.56. The lowest BCUT2D eigenvalue weighted by Crippen LogP contribution is -2.08. The van der Waals surface area contributed by atoms with Crippen LogP contribution in [0.25, 0.3) is 0 Å². The van der Waals surface area contributed by atoms with Gasteiger partial charge in [0.2, 0.25) is 0 Å². The van der Waals surface area contributed by atoms with Crippen LogP contribution >= 0.6 is 0 Å². The monoisotopic (exact) mass is 237 g/mol. The molecule has 0 radical (unpaired) electrons. The van der Waals surface area contributed by atoms with Crippen LogP contribution in [0.5, 0.6) is 0 Å². The quantitative estimate of drug-likeness (QED) is 0.706. The Hall–Kier alpha value is -0.830. The fourth-order valence-electron chi connectivity index (χ4n) is 2.40. The van der Waals surface area contributed by atoms with Crippen molar-refractivity contribution in [3.63, 3.8) is 0 Å². The van der Waals surface area contributed by atoms with Crippen LogP contribution in [0.1, 0.15) is 57.0 Å². The van der Waals surface area contributed by atoms with Crippen molar-refractivity contribution in [2.75, 3.05) is 6.54 Å². The summed E-state index contributed by atoms with van der Waals surface area (Å²) in [5.74, 6) is 0. The lowest BCUT2D eigenvalue weighted by atomic mass is 10.1. The Morgan fingerprint density at radius 1 is 1.12 bits per heavy atom. The summed E-state index contributed by atoms with van der Waals surface area (Å²) in [5, 5.41) is 4.75. The molecule has 0 spiro atoms. The highest BCUT2D eigenvalue weighted by Crippen LogP contribution is 2.17. The Labute approximate surface area is 105 Å². The molecule has 1 heterocycles. The Kier molecular flexibility index (Phi) is 6.27. The summed E-state index contributed by atoms with van der Waals surface area (Å²) in [7, 11) is 0. The van der Waals surface area contributed by atoms with E-state index in [1.165, 1.54) is 36.2 Å². The largest absolute Gasteiger partial charge is 0.330 e. The van der Waals surface area contributed by atoms with Crippen LogP contribution in [0.15, 0.2) is 0 Å². The van der Waals surface area contributed by atoms with E-state index in [9.17, 15) is 0 Å². The fourth-order valence-corrected chi connectivity index (χ4v) is 2.40. The maximum absolute atomic E-state index is 5.70. The number of aromatic nitrogens is 2. The molecule has 1 aromatic rings. The number of hydrogen-bond donors (Lipinski definition) is 1. The van der Waals surface area contributed by atoms with Crippen LogP contribution in [0, 0.1) is 0 Å². The Morgan fingerprint density at radius 3 is 2.41 bits per heavy atom. The van der Waals surface area contributed by atoms with E-state index in [2.05, 4.69) is 25.5 Å². The van der Waals surface area contributed by atoms with Gasteiger partial charge < -0.3 is 5.73 Å². The maximum atomic E-state index is 5.70. The average molecular weight is 237 g/mol. The zero-order valence-corrected chi connectivity index (χ0v) is 11.6. The molecule has 17 heavy (non-hydrogen) atoms. The zero-order chi connectivity index (χ0) is 12.7. The minimum atomic E-state index is 0.723. The average Bonchev–Trinajstić information content (AvgIpc) is 2.67. The molecule has 0 bridgehead atoms. The molecule has 3 heteroatoms. The summed E-state index contributed by atoms with van der Waals surface area (Å²) >= 11 is 0. The number of aryl methyl sites for hydroxylation is 2. The van der Waals surface area contributed by atoms with Crippen molar-refractivity contribution in [3.8, 4) is 0 Å². The fraction of sp³-hybridized carbons (Fsp3) is 0.786. The van der Waals surface area contributed by atoms with Crippen molar-refractivity contribution < 1.29 is 0 Å². The van der Waals surface area contributed by atoms with Gasteiger partial charge in [-0.1, -0.05) is 33.6 Å². The van der Waals surface area contributed by atoms with Gasteiger partial charge in [0.05, 0.1) is 5.69 Å². The molecule has 1 aromatic heterocycles. The van der Waals surface area contributed by atoms with Gasteiger partial charge in [-0.25, -0.2) is 0 Å². The molecule has 0 aliphatic rings. The van der Waals surface area contributed by atoms with Gasteiger partial charge in [0.1, 0.15) is 0 Å². The molecule has 3 nitrogen and oxygen atoms in total. The molecule has 0 saturated heterocycles. The number of nitrogens with two attached hydrogens (primary N) is 1. The van der Waals surface area contributed by atoms with E-state index < -0.39 is 0 Å². The molecule has 2 N–H and O–H groups in total.